The minimum atomic E-state index is -0.947. The molecule has 22 heavy (non-hydrogen) atoms. The summed E-state index contributed by atoms with van der Waals surface area (Å²) in [6.45, 7) is 2.10. The van der Waals surface area contributed by atoms with E-state index >= 15 is 0 Å². The molecule has 0 fully saturated rings. The van der Waals surface area contributed by atoms with Gasteiger partial charge in [-0.3, -0.25) is 0 Å². The summed E-state index contributed by atoms with van der Waals surface area (Å²) in [4.78, 5) is 11.5. The van der Waals surface area contributed by atoms with Gasteiger partial charge in [-0.05, 0) is 24.1 Å². The molecule has 0 aliphatic rings. The minimum Gasteiger partial charge on any atom is -0.479 e. The van der Waals surface area contributed by atoms with Crippen LogP contribution in [0.5, 0.6) is 0 Å². The molecule has 0 saturated heterocycles. The molecule has 0 aliphatic heterocycles. The van der Waals surface area contributed by atoms with Gasteiger partial charge in [-0.15, -0.1) is 0 Å². The van der Waals surface area contributed by atoms with E-state index in [0.717, 1.165) is 24.8 Å². The number of rotatable bonds is 9. The molecule has 1 N–H and O–H groups in total. The topological polar surface area (TPSA) is 59.7 Å². The summed E-state index contributed by atoms with van der Waals surface area (Å²) in [6.07, 6.45) is 3.47. The Bertz CT molecular complexity index is 548. The summed E-state index contributed by atoms with van der Waals surface area (Å²) in [6, 6.07) is 13.2. The molecular formula is C18H22O4. The van der Waals surface area contributed by atoms with Crippen molar-refractivity contribution in [2.75, 3.05) is 0 Å². The van der Waals surface area contributed by atoms with Crippen LogP contribution in [0.3, 0.4) is 0 Å². The van der Waals surface area contributed by atoms with Crippen molar-refractivity contribution in [1.82, 2.24) is 0 Å². The molecule has 1 aromatic carbocycles. The van der Waals surface area contributed by atoms with Gasteiger partial charge in [0.1, 0.15) is 11.9 Å². The lowest BCUT2D eigenvalue weighted by molar-refractivity contribution is -0.155. The summed E-state index contributed by atoms with van der Waals surface area (Å²) < 4.78 is 11.3. The standard InChI is InChI=1S/C18H22O4/c1-2-3-10-16(15-11-7-12-21-15)22-17(18(19)20)13-14-8-5-4-6-9-14/h4-9,11-12,16-17H,2-3,10,13H2,1H3,(H,19,20). The van der Waals surface area contributed by atoms with Gasteiger partial charge in [-0.1, -0.05) is 50.1 Å². The molecule has 0 spiro atoms. The highest BCUT2D eigenvalue weighted by Crippen LogP contribution is 2.26. The summed E-state index contributed by atoms with van der Waals surface area (Å²) >= 11 is 0. The first kappa shape index (κ1) is 16.3. The first-order chi connectivity index (χ1) is 10.7. The number of aliphatic carboxylic acids is 1. The van der Waals surface area contributed by atoms with Crippen LogP contribution >= 0.6 is 0 Å². The number of carboxylic acids is 1. The Morgan fingerprint density at radius 3 is 2.59 bits per heavy atom. The van der Waals surface area contributed by atoms with E-state index in [1.807, 2.05) is 36.4 Å². The van der Waals surface area contributed by atoms with Gasteiger partial charge in [0.15, 0.2) is 6.10 Å². The molecule has 2 unspecified atom stereocenters. The highest BCUT2D eigenvalue weighted by Gasteiger charge is 2.25. The Balaban J connectivity index is 2.08. The molecule has 2 rings (SSSR count). The van der Waals surface area contributed by atoms with Gasteiger partial charge in [-0.25, -0.2) is 4.79 Å². The lowest BCUT2D eigenvalue weighted by Crippen LogP contribution is -2.28. The molecule has 1 heterocycles. The van der Waals surface area contributed by atoms with Gasteiger partial charge in [0.25, 0.3) is 0 Å². The van der Waals surface area contributed by atoms with Crippen molar-refractivity contribution in [3.05, 3.63) is 60.1 Å². The molecule has 0 radical (unpaired) electrons. The maximum atomic E-state index is 11.5. The fourth-order valence-corrected chi connectivity index (χ4v) is 2.36. The Morgan fingerprint density at radius 2 is 2.00 bits per heavy atom. The van der Waals surface area contributed by atoms with Gasteiger partial charge < -0.3 is 14.3 Å². The molecule has 0 bridgehead atoms. The van der Waals surface area contributed by atoms with E-state index in [2.05, 4.69) is 6.92 Å². The Hall–Kier alpha value is -2.07. The van der Waals surface area contributed by atoms with Crippen molar-refractivity contribution in [3.8, 4) is 0 Å². The lowest BCUT2D eigenvalue weighted by atomic mass is 10.1. The second kappa shape index (κ2) is 8.39. The summed E-state index contributed by atoms with van der Waals surface area (Å²) in [5, 5.41) is 9.45. The van der Waals surface area contributed by atoms with Crippen molar-refractivity contribution < 1.29 is 19.1 Å². The second-order valence-corrected chi connectivity index (χ2v) is 5.30. The summed E-state index contributed by atoms with van der Waals surface area (Å²) in [7, 11) is 0. The van der Waals surface area contributed by atoms with Crippen LogP contribution in [0.2, 0.25) is 0 Å². The van der Waals surface area contributed by atoms with Crippen LogP contribution in [0.25, 0.3) is 0 Å². The van der Waals surface area contributed by atoms with Gasteiger partial charge >= 0.3 is 5.97 Å². The van der Waals surface area contributed by atoms with Crippen LogP contribution in [-0.2, 0) is 16.0 Å². The number of hydrogen-bond acceptors (Lipinski definition) is 3. The monoisotopic (exact) mass is 302 g/mol. The van der Waals surface area contributed by atoms with Crippen LogP contribution in [0.1, 0.15) is 43.6 Å². The Kier molecular flexibility index (Phi) is 6.22. The zero-order valence-electron chi connectivity index (χ0n) is 12.8. The van der Waals surface area contributed by atoms with E-state index in [9.17, 15) is 9.90 Å². The van der Waals surface area contributed by atoms with Gasteiger partial charge in [0, 0.05) is 6.42 Å². The van der Waals surface area contributed by atoms with Crippen molar-refractivity contribution in [3.63, 3.8) is 0 Å². The van der Waals surface area contributed by atoms with Gasteiger partial charge in [-0.2, -0.15) is 0 Å². The summed E-state index contributed by atoms with van der Waals surface area (Å²) in [5.74, 6) is -0.260. The molecule has 4 nitrogen and oxygen atoms in total. The van der Waals surface area contributed by atoms with Crippen molar-refractivity contribution >= 4 is 5.97 Å². The maximum absolute atomic E-state index is 11.5. The number of carbonyl (C=O) groups is 1. The first-order valence-electron chi connectivity index (χ1n) is 7.66. The number of benzene rings is 1. The zero-order chi connectivity index (χ0) is 15.8. The van der Waals surface area contributed by atoms with E-state index < -0.39 is 12.1 Å². The van der Waals surface area contributed by atoms with Gasteiger partial charge in [0.2, 0.25) is 0 Å². The largest absolute Gasteiger partial charge is 0.479 e. The SMILES string of the molecule is CCCCC(OC(Cc1ccccc1)C(=O)O)c1ccco1. The number of carboxylic acid groups (broad SMARTS) is 1. The molecule has 0 saturated carbocycles. The van der Waals surface area contributed by atoms with E-state index in [-0.39, 0.29) is 6.10 Å². The summed E-state index contributed by atoms with van der Waals surface area (Å²) in [5.41, 5.74) is 0.948. The molecular weight excluding hydrogens is 280 g/mol. The van der Waals surface area contributed by atoms with E-state index in [4.69, 9.17) is 9.15 Å². The Labute approximate surface area is 130 Å². The van der Waals surface area contributed by atoms with Gasteiger partial charge in [0.05, 0.1) is 6.26 Å². The van der Waals surface area contributed by atoms with Crippen LogP contribution in [0.4, 0.5) is 0 Å². The normalized spacial score (nSPS) is 13.7. The quantitative estimate of drug-likeness (QED) is 0.753. The number of hydrogen-bond donors (Lipinski definition) is 1. The third-order valence-corrected chi connectivity index (χ3v) is 3.55. The molecule has 118 valence electrons. The zero-order valence-corrected chi connectivity index (χ0v) is 12.8. The molecule has 2 aromatic rings. The number of furan rings is 1. The first-order valence-corrected chi connectivity index (χ1v) is 7.66. The van der Waals surface area contributed by atoms with E-state index in [1.165, 1.54) is 0 Å². The van der Waals surface area contributed by atoms with Crippen LogP contribution in [0, 0.1) is 0 Å². The Morgan fingerprint density at radius 1 is 1.23 bits per heavy atom. The van der Waals surface area contributed by atoms with E-state index in [0.29, 0.717) is 12.2 Å². The molecule has 0 amide bonds. The fraction of sp³-hybridized carbons (Fsp3) is 0.389. The van der Waals surface area contributed by atoms with Crippen molar-refractivity contribution in [2.24, 2.45) is 0 Å². The minimum absolute atomic E-state index is 0.320. The highest BCUT2D eigenvalue weighted by atomic mass is 16.5. The van der Waals surface area contributed by atoms with E-state index in [1.54, 1.807) is 12.3 Å². The second-order valence-electron chi connectivity index (χ2n) is 5.30. The molecule has 1 aromatic heterocycles. The molecule has 2 atom stereocenters. The van der Waals surface area contributed by atoms with Crippen LogP contribution in [-0.4, -0.2) is 17.2 Å². The predicted octanol–water partition coefficient (Wildman–Crippen LogP) is 4.22. The molecule has 0 aliphatic carbocycles. The van der Waals surface area contributed by atoms with Crippen molar-refractivity contribution in [1.29, 1.82) is 0 Å². The number of unbranched alkanes of at least 4 members (excludes halogenated alkanes) is 1. The predicted molar refractivity (Wildman–Crippen MR) is 83.6 cm³/mol. The third kappa shape index (κ3) is 4.74. The average Bonchev–Trinajstić information content (AvgIpc) is 3.05. The fourth-order valence-electron chi connectivity index (χ4n) is 2.36. The third-order valence-electron chi connectivity index (χ3n) is 3.55. The smallest absolute Gasteiger partial charge is 0.333 e. The average molecular weight is 302 g/mol. The highest BCUT2D eigenvalue weighted by molar-refractivity contribution is 5.72. The lowest BCUT2D eigenvalue weighted by Gasteiger charge is -2.21. The number of ether oxygens (including phenoxy) is 1. The molecule has 4 heteroatoms. The van der Waals surface area contributed by atoms with Crippen LogP contribution < -0.4 is 0 Å². The maximum Gasteiger partial charge on any atom is 0.333 e. The van der Waals surface area contributed by atoms with Crippen LogP contribution in [0.15, 0.2) is 53.1 Å². The van der Waals surface area contributed by atoms with Crippen molar-refractivity contribution in [2.45, 2.75) is 44.8 Å².